The number of aromatic nitrogens is 2. The van der Waals surface area contributed by atoms with Gasteiger partial charge in [0.1, 0.15) is 5.82 Å². The Bertz CT molecular complexity index is 1040. The lowest BCUT2D eigenvalue weighted by molar-refractivity contribution is -0.113. The molecule has 0 bridgehead atoms. The maximum atomic E-state index is 13.1. The van der Waals surface area contributed by atoms with Crippen molar-refractivity contribution in [1.82, 2.24) is 9.97 Å². The highest BCUT2D eigenvalue weighted by molar-refractivity contribution is 7.99. The van der Waals surface area contributed by atoms with E-state index in [0.717, 1.165) is 17.3 Å². The van der Waals surface area contributed by atoms with Crippen LogP contribution < -0.4 is 14.8 Å². The lowest BCUT2D eigenvalue weighted by atomic mass is 10.1. The summed E-state index contributed by atoms with van der Waals surface area (Å²) in [5.41, 5.74) is 1.70. The van der Waals surface area contributed by atoms with Crippen molar-refractivity contribution in [1.29, 1.82) is 0 Å². The molecule has 3 rings (SSSR count). The molecule has 0 aliphatic rings. The SMILES string of the molecule is CCOc1cc(NC(=O)CSc2nccc(-c3ccc(F)cc3)n2)ccc1OC(F)F. The second kappa shape index (κ2) is 10.7. The third-order valence-electron chi connectivity index (χ3n) is 3.85. The molecule has 10 heteroatoms. The Labute approximate surface area is 180 Å². The number of alkyl halides is 2. The second-order valence-electron chi connectivity index (χ2n) is 6.04. The normalized spacial score (nSPS) is 10.7. The van der Waals surface area contributed by atoms with Crippen LogP contribution >= 0.6 is 11.8 Å². The summed E-state index contributed by atoms with van der Waals surface area (Å²) >= 11 is 1.12. The number of hydrogen-bond donors (Lipinski definition) is 1. The van der Waals surface area contributed by atoms with E-state index in [9.17, 15) is 18.0 Å². The lowest BCUT2D eigenvalue weighted by Crippen LogP contribution is -2.14. The van der Waals surface area contributed by atoms with Gasteiger partial charge in [0, 0.05) is 23.5 Å². The maximum absolute atomic E-state index is 13.1. The fourth-order valence-electron chi connectivity index (χ4n) is 2.57. The van der Waals surface area contributed by atoms with Crippen LogP contribution in [0.15, 0.2) is 59.9 Å². The van der Waals surface area contributed by atoms with Crippen LogP contribution in [0.25, 0.3) is 11.3 Å². The van der Waals surface area contributed by atoms with Crippen molar-refractivity contribution in [2.24, 2.45) is 0 Å². The van der Waals surface area contributed by atoms with Gasteiger partial charge in [-0.25, -0.2) is 14.4 Å². The molecule has 1 N–H and O–H groups in total. The Kier molecular flexibility index (Phi) is 7.71. The van der Waals surface area contributed by atoms with Gasteiger partial charge in [-0.15, -0.1) is 0 Å². The van der Waals surface area contributed by atoms with E-state index in [4.69, 9.17) is 4.74 Å². The molecule has 0 saturated carbocycles. The summed E-state index contributed by atoms with van der Waals surface area (Å²) in [7, 11) is 0. The second-order valence-corrected chi connectivity index (χ2v) is 6.98. The zero-order valence-electron chi connectivity index (χ0n) is 16.3. The van der Waals surface area contributed by atoms with E-state index in [1.807, 2.05) is 0 Å². The van der Waals surface area contributed by atoms with E-state index in [1.165, 1.54) is 30.3 Å². The Hall–Kier alpha value is -3.27. The first-order valence-corrected chi connectivity index (χ1v) is 10.2. The number of nitrogens with zero attached hydrogens (tertiary/aromatic N) is 2. The molecule has 1 amide bonds. The quantitative estimate of drug-likeness (QED) is 0.366. The van der Waals surface area contributed by atoms with Crippen molar-refractivity contribution in [2.45, 2.75) is 18.7 Å². The number of thioether (sulfide) groups is 1. The van der Waals surface area contributed by atoms with Gasteiger partial charge in [0.15, 0.2) is 16.7 Å². The highest BCUT2D eigenvalue weighted by atomic mass is 32.2. The van der Waals surface area contributed by atoms with Crippen LogP contribution in [0.4, 0.5) is 18.9 Å². The van der Waals surface area contributed by atoms with Crippen LogP contribution in [-0.4, -0.2) is 34.8 Å². The Morgan fingerprint density at radius 3 is 2.61 bits per heavy atom. The number of hydrogen-bond acceptors (Lipinski definition) is 6. The first-order chi connectivity index (χ1) is 14.9. The number of benzene rings is 2. The van der Waals surface area contributed by atoms with Crippen LogP contribution in [0.2, 0.25) is 0 Å². The summed E-state index contributed by atoms with van der Waals surface area (Å²) in [6.45, 7) is -1.04. The molecule has 1 heterocycles. The predicted molar refractivity (Wildman–Crippen MR) is 111 cm³/mol. The topological polar surface area (TPSA) is 73.3 Å². The molecule has 0 fully saturated rings. The standard InChI is InChI=1S/C21H18F3N3O3S/c1-2-29-18-11-15(7-8-17(18)30-20(23)24)26-19(28)12-31-21-25-10-9-16(27-21)13-3-5-14(22)6-4-13/h3-11,20H,2,12H2,1H3,(H,26,28). The zero-order valence-corrected chi connectivity index (χ0v) is 17.2. The van der Waals surface area contributed by atoms with Gasteiger partial charge in [-0.2, -0.15) is 8.78 Å². The molecule has 0 aliphatic carbocycles. The number of ether oxygens (including phenoxy) is 2. The van der Waals surface area contributed by atoms with E-state index < -0.39 is 6.61 Å². The van der Waals surface area contributed by atoms with E-state index in [1.54, 1.807) is 31.3 Å². The van der Waals surface area contributed by atoms with Crippen LogP contribution in [-0.2, 0) is 4.79 Å². The largest absolute Gasteiger partial charge is 0.490 e. The smallest absolute Gasteiger partial charge is 0.387 e. The molecular formula is C21H18F3N3O3S. The molecule has 31 heavy (non-hydrogen) atoms. The summed E-state index contributed by atoms with van der Waals surface area (Å²) in [6.07, 6.45) is 1.56. The number of carbonyl (C=O) groups excluding carboxylic acids is 1. The third kappa shape index (κ3) is 6.61. The predicted octanol–water partition coefficient (Wildman–Crippen LogP) is 5.01. The molecule has 0 spiro atoms. The molecule has 162 valence electrons. The molecule has 1 aromatic heterocycles. The summed E-state index contributed by atoms with van der Waals surface area (Å²) in [6, 6.07) is 11.7. The van der Waals surface area contributed by atoms with Gasteiger partial charge in [-0.1, -0.05) is 11.8 Å². The van der Waals surface area contributed by atoms with Crippen molar-refractivity contribution in [2.75, 3.05) is 17.7 Å². The Balaban J connectivity index is 1.62. The monoisotopic (exact) mass is 449 g/mol. The molecule has 0 aliphatic heterocycles. The summed E-state index contributed by atoms with van der Waals surface area (Å²) in [5.74, 6) is -0.679. The molecule has 0 saturated heterocycles. The van der Waals surface area contributed by atoms with Gasteiger partial charge >= 0.3 is 6.61 Å². The van der Waals surface area contributed by atoms with Crippen molar-refractivity contribution in [3.8, 4) is 22.8 Å². The Morgan fingerprint density at radius 2 is 1.90 bits per heavy atom. The van der Waals surface area contributed by atoms with Crippen molar-refractivity contribution in [3.63, 3.8) is 0 Å². The Morgan fingerprint density at radius 1 is 1.13 bits per heavy atom. The van der Waals surface area contributed by atoms with Gasteiger partial charge in [-0.3, -0.25) is 4.79 Å². The minimum Gasteiger partial charge on any atom is -0.490 e. The zero-order chi connectivity index (χ0) is 22.2. The maximum Gasteiger partial charge on any atom is 0.387 e. The summed E-state index contributed by atoms with van der Waals surface area (Å²) in [4.78, 5) is 20.8. The number of halogens is 3. The first-order valence-electron chi connectivity index (χ1n) is 9.18. The van der Waals surface area contributed by atoms with Gasteiger partial charge < -0.3 is 14.8 Å². The molecule has 6 nitrogen and oxygen atoms in total. The van der Waals surface area contributed by atoms with E-state index in [2.05, 4.69) is 20.0 Å². The summed E-state index contributed by atoms with van der Waals surface area (Å²) < 4.78 is 47.8. The molecule has 3 aromatic rings. The van der Waals surface area contributed by atoms with Crippen molar-refractivity contribution >= 4 is 23.4 Å². The molecular weight excluding hydrogens is 431 g/mol. The van der Waals surface area contributed by atoms with E-state index in [0.29, 0.717) is 16.5 Å². The molecule has 2 aromatic carbocycles. The summed E-state index contributed by atoms with van der Waals surface area (Å²) in [5, 5.41) is 3.05. The van der Waals surface area contributed by atoms with Gasteiger partial charge in [-0.05, 0) is 49.4 Å². The van der Waals surface area contributed by atoms with Crippen molar-refractivity contribution in [3.05, 3.63) is 60.5 Å². The fraction of sp³-hybridized carbons (Fsp3) is 0.190. The lowest BCUT2D eigenvalue weighted by Gasteiger charge is -2.13. The highest BCUT2D eigenvalue weighted by Crippen LogP contribution is 2.32. The molecule has 0 radical (unpaired) electrons. The highest BCUT2D eigenvalue weighted by Gasteiger charge is 2.13. The van der Waals surface area contributed by atoms with E-state index in [-0.39, 0.29) is 35.6 Å². The minimum atomic E-state index is -2.98. The average Bonchev–Trinajstić information content (AvgIpc) is 2.75. The first kappa shape index (κ1) is 22.4. The van der Waals surface area contributed by atoms with Crippen LogP contribution in [0, 0.1) is 5.82 Å². The van der Waals surface area contributed by atoms with Crippen LogP contribution in [0.5, 0.6) is 11.5 Å². The number of anilines is 1. The van der Waals surface area contributed by atoms with E-state index >= 15 is 0 Å². The van der Waals surface area contributed by atoms with Crippen LogP contribution in [0.1, 0.15) is 6.92 Å². The van der Waals surface area contributed by atoms with Gasteiger partial charge in [0.05, 0.1) is 18.1 Å². The van der Waals surface area contributed by atoms with Gasteiger partial charge in [0.25, 0.3) is 0 Å². The number of amides is 1. The number of nitrogens with one attached hydrogen (secondary N) is 1. The van der Waals surface area contributed by atoms with Gasteiger partial charge in [0.2, 0.25) is 5.91 Å². The van der Waals surface area contributed by atoms with Crippen LogP contribution in [0.3, 0.4) is 0 Å². The third-order valence-corrected chi connectivity index (χ3v) is 4.71. The molecule has 0 unspecified atom stereocenters. The fourth-order valence-corrected chi connectivity index (χ4v) is 3.20. The van der Waals surface area contributed by atoms with Crippen molar-refractivity contribution < 1.29 is 27.4 Å². The number of carbonyl (C=O) groups is 1. The number of rotatable bonds is 9. The average molecular weight is 449 g/mol. The minimum absolute atomic E-state index is 0.0200. The molecule has 0 atom stereocenters.